The third-order valence-electron chi connectivity index (χ3n) is 7.18. The molecular weight excluding hydrogens is 500 g/mol. The van der Waals surface area contributed by atoms with Crippen LogP contribution < -0.4 is 4.74 Å². The Labute approximate surface area is 239 Å². The van der Waals surface area contributed by atoms with Gasteiger partial charge in [-0.15, -0.1) is 0 Å². The number of ether oxygens (including phenoxy) is 1. The third kappa shape index (κ3) is 10.1. The van der Waals surface area contributed by atoms with Crippen LogP contribution in [-0.2, 0) is 17.6 Å². The Balaban J connectivity index is 1.57. The summed E-state index contributed by atoms with van der Waals surface area (Å²) in [5.74, 6) is 2.04. The Morgan fingerprint density at radius 3 is 2.35 bits per heavy atom. The standard InChI is InChI=1S/C35H44O5/c1-4-5-6-26(8-7-25(2)3)9-15-30(36)16-10-27-11-20-34(39)35(23-27)40-22-21-29-14-19-32(38)24-33(29)28-12-17-31(37)18-13-28/h9,11-15,17-20,23-26,37-39H,4-8,10,16,21-22H2,1-3H3/b15-9+/t26-/m0/s1. The SMILES string of the molecule is CCCC[C@H](/C=C/C(=O)CCc1ccc(O)c(OCCc2ccc(O)cc2-c2ccc(O)cc2)c1)CCC(C)C. The zero-order valence-electron chi connectivity index (χ0n) is 24.1. The highest BCUT2D eigenvalue weighted by atomic mass is 16.5. The molecule has 0 aromatic heterocycles. The number of phenols is 3. The first-order chi connectivity index (χ1) is 19.2. The average Bonchev–Trinajstić information content (AvgIpc) is 2.94. The monoisotopic (exact) mass is 544 g/mol. The van der Waals surface area contributed by atoms with Crippen molar-refractivity contribution in [1.29, 1.82) is 0 Å². The minimum Gasteiger partial charge on any atom is -0.508 e. The topological polar surface area (TPSA) is 87.0 Å². The molecule has 1 atom stereocenters. The second kappa shape index (κ2) is 15.8. The molecule has 0 fully saturated rings. The maximum Gasteiger partial charge on any atom is 0.161 e. The molecule has 3 aromatic rings. The van der Waals surface area contributed by atoms with E-state index in [1.54, 1.807) is 54.6 Å². The fourth-order valence-corrected chi connectivity index (χ4v) is 4.74. The van der Waals surface area contributed by atoms with Gasteiger partial charge in [0, 0.05) is 12.8 Å². The number of unbranched alkanes of at least 4 members (excludes halogenated alkanes) is 1. The molecule has 3 N–H and O–H groups in total. The van der Waals surface area contributed by atoms with Gasteiger partial charge in [-0.2, -0.15) is 0 Å². The fraction of sp³-hybridized carbons (Fsp3) is 0.400. The van der Waals surface area contributed by atoms with Crippen LogP contribution in [0.25, 0.3) is 11.1 Å². The smallest absolute Gasteiger partial charge is 0.161 e. The lowest BCUT2D eigenvalue weighted by molar-refractivity contribution is -0.114. The van der Waals surface area contributed by atoms with E-state index < -0.39 is 0 Å². The van der Waals surface area contributed by atoms with E-state index in [0.717, 1.165) is 35.1 Å². The number of aryl methyl sites for hydroxylation is 1. The molecular formula is C35H44O5. The molecule has 0 amide bonds. The maximum atomic E-state index is 12.6. The van der Waals surface area contributed by atoms with Crippen molar-refractivity contribution in [2.75, 3.05) is 6.61 Å². The first-order valence-electron chi connectivity index (χ1n) is 14.5. The second-order valence-electron chi connectivity index (χ2n) is 11.0. The summed E-state index contributed by atoms with van der Waals surface area (Å²) in [7, 11) is 0. The molecule has 5 nitrogen and oxygen atoms in total. The second-order valence-corrected chi connectivity index (χ2v) is 11.0. The third-order valence-corrected chi connectivity index (χ3v) is 7.18. The summed E-state index contributed by atoms with van der Waals surface area (Å²) >= 11 is 0. The molecule has 3 aromatic carbocycles. The van der Waals surface area contributed by atoms with Gasteiger partial charge in [0.1, 0.15) is 11.5 Å². The average molecular weight is 545 g/mol. The van der Waals surface area contributed by atoms with E-state index in [1.807, 2.05) is 12.1 Å². The number of carbonyl (C=O) groups is 1. The molecule has 0 aliphatic carbocycles. The molecule has 0 heterocycles. The molecule has 0 saturated carbocycles. The van der Waals surface area contributed by atoms with Crippen molar-refractivity contribution >= 4 is 5.78 Å². The van der Waals surface area contributed by atoms with Crippen LogP contribution in [0.4, 0.5) is 0 Å². The van der Waals surface area contributed by atoms with E-state index in [0.29, 0.717) is 43.5 Å². The Morgan fingerprint density at radius 1 is 0.875 bits per heavy atom. The largest absolute Gasteiger partial charge is 0.508 e. The van der Waals surface area contributed by atoms with E-state index in [4.69, 9.17) is 4.74 Å². The van der Waals surface area contributed by atoms with Gasteiger partial charge >= 0.3 is 0 Å². The number of ketones is 1. The fourth-order valence-electron chi connectivity index (χ4n) is 4.74. The van der Waals surface area contributed by atoms with Crippen LogP contribution in [0.5, 0.6) is 23.0 Å². The van der Waals surface area contributed by atoms with Gasteiger partial charge < -0.3 is 20.1 Å². The molecule has 0 spiro atoms. The van der Waals surface area contributed by atoms with Crippen LogP contribution in [0.15, 0.2) is 72.8 Å². The Kier molecular flexibility index (Phi) is 12.1. The van der Waals surface area contributed by atoms with Crippen molar-refractivity contribution in [3.05, 3.63) is 83.9 Å². The van der Waals surface area contributed by atoms with Crippen LogP contribution in [0, 0.1) is 11.8 Å². The van der Waals surface area contributed by atoms with E-state index in [2.05, 4.69) is 26.8 Å². The molecule has 5 heteroatoms. The molecule has 0 radical (unpaired) electrons. The summed E-state index contributed by atoms with van der Waals surface area (Å²) in [6.07, 6.45) is 11.2. The van der Waals surface area contributed by atoms with Gasteiger partial charge in [-0.1, -0.05) is 70.4 Å². The summed E-state index contributed by atoms with van der Waals surface area (Å²) in [6, 6.07) is 17.3. The molecule has 0 bridgehead atoms. The maximum absolute atomic E-state index is 12.6. The minimum absolute atomic E-state index is 0.0587. The summed E-state index contributed by atoms with van der Waals surface area (Å²) < 4.78 is 5.94. The Bertz CT molecular complexity index is 1240. The van der Waals surface area contributed by atoms with Gasteiger partial charge in [-0.25, -0.2) is 0 Å². The summed E-state index contributed by atoms with van der Waals surface area (Å²) in [5, 5.41) is 30.0. The molecule has 0 unspecified atom stereocenters. The highest BCUT2D eigenvalue weighted by molar-refractivity contribution is 5.89. The summed E-state index contributed by atoms with van der Waals surface area (Å²) in [4.78, 5) is 12.6. The van der Waals surface area contributed by atoms with Crippen molar-refractivity contribution < 1.29 is 24.9 Å². The minimum atomic E-state index is 0.0587. The van der Waals surface area contributed by atoms with Crippen molar-refractivity contribution in [1.82, 2.24) is 0 Å². The van der Waals surface area contributed by atoms with Crippen molar-refractivity contribution in [2.45, 2.75) is 72.1 Å². The lowest BCUT2D eigenvalue weighted by Gasteiger charge is -2.14. The van der Waals surface area contributed by atoms with E-state index in [9.17, 15) is 20.1 Å². The number of hydrogen-bond acceptors (Lipinski definition) is 5. The van der Waals surface area contributed by atoms with Crippen LogP contribution in [0.2, 0.25) is 0 Å². The molecule has 0 aliphatic heterocycles. The Morgan fingerprint density at radius 2 is 1.62 bits per heavy atom. The quantitative estimate of drug-likeness (QED) is 0.158. The lowest BCUT2D eigenvalue weighted by Crippen LogP contribution is -2.04. The van der Waals surface area contributed by atoms with Crippen LogP contribution in [-0.4, -0.2) is 27.7 Å². The zero-order valence-corrected chi connectivity index (χ0v) is 24.1. The van der Waals surface area contributed by atoms with Gasteiger partial charge in [0.15, 0.2) is 17.3 Å². The number of rotatable bonds is 16. The highest BCUT2D eigenvalue weighted by Gasteiger charge is 2.11. The number of allylic oxidation sites excluding steroid dienone is 2. The van der Waals surface area contributed by atoms with Gasteiger partial charge in [-0.05, 0) is 95.8 Å². The first-order valence-corrected chi connectivity index (χ1v) is 14.5. The van der Waals surface area contributed by atoms with Crippen molar-refractivity contribution in [3.8, 4) is 34.1 Å². The van der Waals surface area contributed by atoms with Gasteiger partial charge in [0.05, 0.1) is 6.61 Å². The molecule has 0 aliphatic rings. The zero-order chi connectivity index (χ0) is 28.9. The van der Waals surface area contributed by atoms with Crippen LogP contribution >= 0.6 is 0 Å². The van der Waals surface area contributed by atoms with E-state index in [1.165, 1.54) is 19.3 Å². The number of hydrogen-bond donors (Lipinski definition) is 3. The molecule has 0 saturated heterocycles. The highest BCUT2D eigenvalue weighted by Crippen LogP contribution is 2.31. The number of phenolic OH excluding ortho intramolecular Hbond substituents is 3. The van der Waals surface area contributed by atoms with Gasteiger partial charge in [0.25, 0.3) is 0 Å². The van der Waals surface area contributed by atoms with Crippen LogP contribution in [0.3, 0.4) is 0 Å². The van der Waals surface area contributed by atoms with Gasteiger partial charge in [-0.3, -0.25) is 4.79 Å². The summed E-state index contributed by atoms with van der Waals surface area (Å²) in [6.45, 7) is 7.00. The number of benzene rings is 3. The number of aromatic hydroxyl groups is 3. The molecule has 40 heavy (non-hydrogen) atoms. The predicted molar refractivity (Wildman–Crippen MR) is 162 cm³/mol. The number of carbonyl (C=O) groups excluding carboxylic acids is 1. The van der Waals surface area contributed by atoms with Crippen LogP contribution in [0.1, 0.15) is 70.4 Å². The normalized spacial score (nSPS) is 12.2. The van der Waals surface area contributed by atoms with E-state index in [-0.39, 0.29) is 23.0 Å². The predicted octanol–water partition coefficient (Wildman–Crippen LogP) is 8.39. The first kappa shape index (κ1) is 30.8. The molecule has 214 valence electrons. The Hall–Kier alpha value is -3.73. The lowest BCUT2D eigenvalue weighted by atomic mass is 9.92. The molecule has 3 rings (SSSR count). The van der Waals surface area contributed by atoms with Crippen molar-refractivity contribution in [3.63, 3.8) is 0 Å². The summed E-state index contributed by atoms with van der Waals surface area (Å²) in [5.41, 5.74) is 3.65. The van der Waals surface area contributed by atoms with Crippen molar-refractivity contribution in [2.24, 2.45) is 11.8 Å². The van der Waals surface area contributed by atoms with E-state index >= 15 is 0 Å². The van der Waals surface area contributed by atoms with Gasteiger partial charge in [0.2, 0.25) is 0 Å².